The van der Waals surface area contributed by atoms with Gasteiger partial charge >= 0.3 is 0 Å². The summed E-state index contributed by atoms with van der Waals surface area (Å²) in [5.74, 6) is 0. The molecule has 3 N–H and O–H groups in total. The zero-order valence-corrected chi connectivity index (χ0v) is 19.1. The van der Waals surface area contributed by atoms with Crippen molar-refractivity contribution in [2.75, 3.05) is 51.6 Å². The van der Waals surface area contributed by atoms with E-state index in [1.165, 1.54) is 12.1 Å². The molecule has 3 rings (SSSR count). The summed E-state index contributed by atoms with van der Waals surface area (Å²) in [4.78, 5) is -0.119. The van der Waals surface area contributed by atoms with E-state index in [0.29, 0.717) is 39.6 Å². The van der Waals surface area contributed by atoms with E-state index in [2.05, 4.69) is 5.32 Å². The van der Waals surface area contributed by atoms with E-state index >= 15 is 0 Å². The Morgan fingerprint density at radius 3 is 1.94 bits per heavy atom. The summed E-state index contributed by atoms with van der Waals surface area (Å²) in [6.07, 6.45) is 0.798. The van der Waals surface area contributed by atoms with E-state index in [0.717, 1.165) is 34.1 Å². The highest BCUT2D eigenvalue weighted by Crippen LogP contribution is 2.25. The Kier molecular flexibility index (Phi) is 9.61. The van der Waals surface area contributed by atoms with Crippen molar-refractivity contribution in [2.24, 2.45) is 0 Å². The van der Waals surface area contributed by atoms with Gasteiger partial charge in [-0.1, -0.05) is 24.3 Å². The van der Waals surface area contributed by atoms with E-state index in [1.807, 2.05) is 42.5 Å². The zero-order valence-electron chi connectivity index (χ0n) is 18.3. The van der Waals surface area contributed by atoms with Crippen LogP contribution in [0, 0.1) is 0 Å². The Labute approximate surface area is 193 Å². The van der Waals surface area contributed by atoms with Gasteiger partial charge in [0.1, 0.15) is 0 Å². The average Bonchev–Trinajstić information content (AvgIpc) is 2.80. The van der Waals surface area contributed by atoms with Crippen molar-refractivity contribution in [3.8, 4) is 0 Å². The number of aliphatic hydroxyl groups excluding tert-OH is 1. The van der Waals surface area contributed by atoms with Crippen LogP contribution in [-0.2, 0) is 30.7 Å². The maximum Gasteiger partial charge on any atom is 0.294 e. The smallest absolute Gasteiger partial charge is 0.294 e. The lowest BCUT2D eigenvalue weighted by molar-refractivity contribution is 0.00817. The molecule has 0 atom stereocenters. The Balaban J connectivity index is 1.41. The third-order valence-corrected chi connectivity index (χ3v) is 5.72. The van der Waals surface area contributed by atoms with Gasteiger partial charge < -0.3 is 24.6 Å². The molecule has 0 aliphatic rings. The molecule has 0 bridgehead atoms. The maximum atomic E-state index is 11.3. The van der Waals surface area contributed by atoms with Crippen LogP contribution in [0.4, 0.5) is 11.4 Å². The van der Waals surface area contributed by atoms with Crippen LogP contribution < -0.4 is 5.32 Å². The fraction of sp³-hybridized carbons (Fsp3) is 0.333. The Morgan fingerprint density at radius 2 is 1.27 bits per heavy atom. The fourth-order valence-electron chi connectivity index (χ4n) is 3.18. The van der Waals surface area contributed by atoms with Gasteiger partial charge in [-0.15, -0.1) is 0 Å². The molecule has 0 saturated heterocycles. The summed E-state index contributed by atoms with van der Waals surface area (Å²) in [6, 6.07) is 18.2. The van der Waals surface area contributed by atoms with Crippen molar-refractivity contribution in [3.63, 3.8) is 0 Å². The normalized spacial score (nSPS) is 11.7. The van der Waals surface area contributed by atoms with Gasteiger partial charge in [0, 0.05) is 11.4 Å². The van der Waals surface area contributed by atoms with Crippen molar-refractivity contribution < 1.29 is 32.3 Å². The van der Waals surface area contributed by atoms with Crippen LogP contribution in [0.1, 0.15) is 5.56 Å². The lowest BCUT2D eigenvalue weighted by atomic mass is 10.1. The number of fused-ring (bicyclic) bond motifs is 1. The highest BCUT2D eigenvalue weighted by Gasteiger charge is 2.10. The standard InChI is InChI=1S/C24H29NO7S/c26-10-12-31-14-16-32-15-13-30-11-9-19-1-5-22(6-2-19)25-23-7-3-21-18-24(33(27,28)29)8-4-20(21)17-23/h1-8,17-18,25-26H,9-16H2,(H,27,28,29). The molecule has 0 radical (unpaired) electrons. The minimum absolute atomic E-state index is 0.0201. The number of hydrogen-bond acceptors (Lipinski definition) is 7. The molecule has 3 aromatic rings. The van der Waals surface area contributed by atoms with Crippen LogP contribution in [0.2, 0.25) is 0 Å². The number of aliphatic hydroxyl groups is 1. The summed E-state index contributed by atoms with van der Waals surface area (Å²) in [5.41, 5.74) is 2.97. The molecule has 3 aromatic carbocycles. The molecule has 178 valence electrons. The van der Waals surface area contributed by atoms with Crippen molar-refractivity contribution in [3.05, 3.63) is 66.2 Å². The highest BCUT2D eigenvalue weighted by atomic mass is 32.2. The molecule has 0 spiro atoms. The number of nitrogens with one attached hydrogen (secondary N) is 1. The van der Waals surface area contributed by atoms with Crippen LogP contribution in [-0.4, -0.2) is 64.3 Å². The molecule has 33 heavy (non-hydrogen) atoms. The molecule has 0 heterocycles. The Bertz CT molecular complexity index is 1120. The fourth-order valence-corrected chi connectivity index (χ4v) is 3.70. The van der Waals surface area contributed by atoms with Crippen molar-refractivity contribution >= 4 is 32.3 Å². The van der Waals surface area contributed by atoms with E-state index in [9.17, 15) is 13.0 Å². The molecule has 0 aliphatic heterocycles. The molecule has 0 aromatic heterocycles. The third kappa shape index (κ3) is 8.39. The summed E-state index contributed by atoms with van der Waals surface area (Å²) < 4.78 is 47.8. The molecular weight excluding hydrogens is 446 g/mol. The first-order valence-electron chi connectivity index (χ1n) is 10.7. The Morgan fingerprint density at radius 1 is 0.697 bits per heavy atom. The topological polar surface area (TPSA) is 114 Å². The second-order valence-corrected chi connectivity index (χ2v) is 8.75. The van der Waals surface area contributed by atoms with Crippen LogP contribution in [0.5, 0.6) is 0 Å². The van der Waals surface area contributed by atoms with Crippen LogP contribution >= 0.6 is 0 Å². The van der Waals surface area contributed by atoms with E-state index in [1.54, 1.807) is 6.07 Å². The SMILES string of the molecule is O=S(=O)(O)c1ccc2cc(Nc3ccc(CCOCCOCCOCCO)cc3)ccc2c1. The predicted molar refractivity (Wildman–Crippen MR) is 127 cm³/mol. The first-order chi connectivity index (χ1) is 16.0. The van der Waals surface area contributed by atoms with Crippen molar-refractivity contribution in [1.29, 1.82) is 0 Å². The van der Waals surface area contributed by atoms with Gasteiger partial charge in [-0.25, -0.2) is 0 Å². The molecular formula is C24H29NO7S. The van der Waals surface area contributed by atoms with Gasteiger partial charge in [-0.05, 0) is 59.2 Å². The number of ether oxygens (including phenoxy) is 3. The van der Waals surface area contributed by atoms with E-state index in [-0.39, 0.29) is 11.5 Å². The highest BCUT2D eigenvalue weighted by molar-refractivity contribution is 7.85. The minimum Gasteiger partial charge on any atom is -0.394 e. The van der Waals surface area contributed by atoms with Crippen LogP contribution in [0.3, 0.4) is 0 Å². The van der Waals surface area contributed by atoms with Crippen LogP contribution in [0.25, 0.3) is 10.8 Å². The summed E-state index contributed by atoms with van der Waals surface area (Å²) in [7, 11) is -4.22. The van der Waals surface area contributed by atoms with Crippen molar-refractivity contribution in [2.45, 2.75) is 11.3 Å². The van der Waals surface area contributed by atoms with Crippen molar-refractivity contribution in [1.82, 2.24) is 0 Å². The largest absolute Gasteiger partial charge is 0.394 e. The molecule has 0 amide bonds. The second-order valence-electron chi connectivity index (χ2n) is 7.33. The number of rotatable bonds is 14. The Hall–Kier alpha value is -2.53. The van der Waals surface area contributed by atoms with E-state index in [4.69, 9.17) is 19.3 Å². The monoisotopic (exact) mass is 475 g/mol. The second kappa shape index (κ2) is 12.6. The molecule has 0 aliphatic carbocycles. The van der Waals surface area contributed by atoms with E-state index < -0.39 is 10.1 Å². The first kappa shape index (κ1) is 25.1. The number of benzene rings is 3. The predicted octanol–water partition coefficient (Wildman–Crippen LogP) is 3.41. The van der Waals surface area contributed by atoms with Gasteiger partial charge in [0.05, 0.1) is 51.1 Å². The lowest BCUT2D eigenvalue weighted by Crippen LogP contribution is -2.11. The third-order valence-electron chi connectivity index (χ3n) is 4.87. The van der Waals surface area contributed by atoms with Gasteiger partial charge in [0.25, 0.3) is 10.1 Å². The number of anilines is 2. The summed E-state index contributed by atoms with van der Waals surface area (Å²) >= 11 is 0. The lowest BCUT2D eigenvalue weighted by Gasteiger charge is -2.10. The molecule has 9 heteroatoms. The zero-order chi connectivity index (χ0) is 23.5. The van der Waals surface area contributed by atoms with Gasteiger partial charge in [0.15, 0.2) is 0 Å². The summed E-state index contributed by atoms with van der Waals surface area (Å²) in [5, 5.41) is 13.5. The van der Waals surface area contributed by atoms with Gasteiger partial charge in [0.2, 0.25) is 0 Å². The van der Waals surface area contributed by atoms with Gasteiger partial charge in [-0.3, -0.25) is 4.55 Å². The molecule has 0 saturated carbocycles. The summed E-state index contributed by atoms with van der Waals surface area (Å²) in [6.45, 7) is 2.94. The minimum atomic E-state index is -4.22. The first-order valence-corrected chi connectivity index (χ1v) is 12.1. The van der Waals surface area contributed by atoms with Gasteiger partial charge in [-0.2, -0.15) is 8.42 Å². The number of hydrogen-bond donors (Lipinski definition) is 3. The van der Waals surface area contributed by atoms with Crippen LogP contribution in [0.15, 0.2) is 65.6 Å². The molecule has 8 nitrogen and oxygen atoms in total. The maximum absolute atomic E-state index is 11.3. The quantitative estimate of drug-likeness (QED) is 0.240. The molecule has 0 fully saturated rings. The average molecular weight is 476 g/mol. The molecule has 0 unspecified atom stereocenters.